The maximum absolute atomic E-state index is 10.9. The highest BCUT2D eigenvalue weighted by atomic mass is 16.3. The van der Waals surface area contributed by atoms with Crippen molar-refractivity contribution in [1.29, 1.82) is 0 Å². The zero-order chi connectivity index (χ0) is 22.4. The Morgan fingerprint density at radius 1 is 0.710 bits per heavy atom. The van der Waals surface area contributed by atoms with Crippen molar-refractivity contribution in [3.63, 3.8) is 0 Å². The summed E-state index contributed by atoms with van der Waals surface area (Å²) < 4.78 is 0. The van der Waals surface area contributed by atoms with Gasteiger partial charge in [-0.05, 0) is 127 Å². The van der Waals surface area contributed by atoms with Gasteiger partial charge < -0.3 is 5.11 Å². The number of hydrogen-bond acceptors (Lipinski definition) is 1. The van der Waals surface area contributed by atoms with Crippen LogP contribution in [0.2, 0.25) is 0 Å². The Labute approximate surface area is 192 Å². The number of allylic oxidation sites excluding steroid dienone is 1. The van der Waals surface area contributed by atoms with Crippen molar-refractivity contribution in [2.24, 2.45) is 56.7 Å². The van der Waals surface area contributed by atoms with E-state index in [9.17, 15) is 5.11 Å². The molecule has 0 aliphatic heterocycles. The number of hydrogen-bond donors (Lipinski definition) is 1. The van der Waals surface area contributed by atoms with Crippen molar-refractivity contribution < 1.29 is 5.11 Å². The van der Waals surface area contributed by atoms with E-state index in [0.717, 1.165) is 30.1 Å². The second-order valence-electron chi connectivity index (χ2n) is 14.5. The first-order valence-corrected chi connectivity index (χ1v) is 13.7. The van der Waals surface area contributed by atoms with Crippen molar-refractivity contribution in [3.05, 3.63) is 12.7 Å². The second-order valence-corrected chi connectivity index (χ2v) is 14.5. The van der Waals surface area contributed by atoms with Crippen molar-refractivity contribution in [1.82, 2.24) is 0 Å². The van der Waals surface area contributed by atoms with E-state index in [-0.39, 0.29) is 11.5 Å². The molecule has 1 N–H and O–H groups in total. The smallest absolute Gasteiger partial charge is 0.0594 e. The summed E-state index contributed by atoms with van der Waals surface area (Å²) in [6, 6.07) is 0. The minimum absolute atomic E-state index is 0.0685. The average Bonchev–Trinajstić information content (AvgIpc) is 3.02. The molecule has 0 spiro atoms. The van der Waals surface area contributed by atoms with Crippen LogP contribution in [0, 0.1) is 56.7 Å². The van der Waals surface area contributed by atoms with E-state index < -0.39 is 0 Å². The largest absolute Gasteiger partial charge is 0.393 e. The van der Waals surface area contributed by atoms with Crippen LogP contribution >= 0.6 is 0 Å². The molecule has 176 valence electrons. The Hall–Kier alpha value is -0.300. The van der Waals surface area contributed by atoms with Gasteiger partial charge in [-0.1, -0.05) is 47.6 Å². The molecule has 5 fully saturated rings. The molecule has 0 radical (unpaired) electrons. The predicted molar refractivity (Wildman–Crippen MR) is 131 cm³/mol. The molecule has 0 saturated heterocycles. The molecule has 1 heteroatoms. The summed E-state index contributed by atoms with van der Waals surface area (Å²) in [5.74, 6) is 4.23. The lowest BCUT2D eigenvalue weighted by atomic mass is 9.32. The third-order valence-electron chi connectivity index (χ3n) is 13.6. The minimum atomic E-state index is -0.114. The van der Waals surface area contributed by atoms with Crippen molar-refractivity contribution in [2.75, 3.05) is 0 Å². The van der Waals surface area contributed by atoms with Crippen LogP contribution in [0.4, 0.5) is 0 Å². The summed E-state index contributed by atoms with van der Waals surface area (Å²) in [5, 5.41) is 10.9. The van der Waals surface area contributed by atoms with E-state index in [4.69, 9.17) is 0 Å². The van der Waals surface area contributed by atoms with Crippen LogP contribution in [-0.2, 0) is 0 Å². The molecule has 0 aromatic rings. The molecule has 5 aliphatic rings. The van der Waals surface area contributed by atoms with Crippen LogP contribution in [0.15, 0.2) is 12.7 Å². The van der Waals surface area contributed by atoms with E-state index in [1.165, 1.54) is 64.2 Å². The quantitative estimate of drug-likeness (QED) is 0.443. The van der Waals surface area contributed by atoms with Gasteiger partial charge in [0.15, 0.2) is 0 Å². The van der Waals surface area contributed by atoms with Gasteiger partial charge in [0, 0.05) is 0 Å². The Morgan fingerprint density at radius 3 is 1.94 bits per heavy atom. The Bertz CT molecular complexity index is 739. The van der Waals surface area contributed by atoms with Crippen LogP contribution in [0.5, 0.6) is 0 Å². The summed E-state index contributed by atoms with van der Waals surface area (Å²) >= 11 is 0. The van der Waals surface area contributed by atoms with Gasteiger partial charge in [0.05, 0.1) is 6.10 Å². The molecule has 0 amide bonds. The summed E-state index contributed by atoms with van der Waals surface area (Å²) in [6.07, 6.45) is 17.0. The summed E-state index contributed by atoms with van der Waals surface area (Å²) in [6.45, 7) is 19.7. The van der Waals surface area contributed by atoms with Crippen molar-refractivity contribution in [2.45, 2.75) is 118 Å². The summed E-state index contributed by atoms with van der Waals surface area (Å²) in [7, 11) is 0. The first kappa shape index (κ1) is 22.5. The van der Waals surface area contributed by atoms with Crippen LogP contribution in [0.3, 0.4) is 0 Å². The SMILES string of the molecule is C=CC[C@@H]1CC[C@]2(C)[C@H]3CC[C@@H]4[C@@]5(C)CC[C@H](O)C(C)(C)[C@H]5CC[C@@]4(C)[C@]3(C)CC[C@@H]12. The van der Waals surface area contributed by atoms with Crippen LogP contribution in [0.25, 0.3) is 0 Å². The molecule has 5 aliphatic carbocycles. The third kappa shape index (κ3) is 2.65. The number of fused-ring (bicyclic) bond motifs is 7. The highest BCUT2D eigenvalue weighted by molar-refractivity contribution is 5.19. The molecule has 5 rings (SSSR count). The molecule has 0 aromatic heterocycles. The zero-order valence-electron chi connectivity index (χ0n) is 21.5. The highest BCUT2D eigenvalue weighted by Gasteiger charge is 2.70. The van der Waals surface area contributed by atoms with Gasteiger partial charge in [-0.15, -0.1) is 6.58 Å². The lowest BCUT2D eigenvalue weighted by Crippen LogP contribution is -2.66. The van der Waals surface area contributed by atoms with Gasteiger partial charge in [0.1, 0.15) is 0 Å². The topological polar surface area (TPSA) is 20.2 Å². The molecule has 1 nitrogen and oxygen atoms in total. The maximum atomic E-state index is 10.9. The van der Waals surface area contributed by atoms with E-state index in [0.29, 0.717) is 27.6 Å². The van der Waals surface area contributed by atoms with E-state index >= 15 is 0 Å². The lowest BCUT2D eigenvalue weighted by molar-refractivity contribution is -0.251. The first-order chi connectivity index (χ1) is 14.4. The molecule has 0 bridgehead atoms. The highest BCUT2D eigenvalue weighted by Crippen LogP contribution is 2.77. The van der Waals surface area contributed by atoms with Crippen LogP contribution in [-0.4, -0.2) is 11.2 Å². The lowest BCUT2D eigenvalue weighted by Gasteiger charge is -2.73. The fourth-order valence-corrected chi connectivity index (χ4v) is 11.8. The Balaban J connectivity index is 1.51. The number of aliphatic hydroxyl groups excluding tert-OH is 1. The fourth-order valence-electron chi connectivity index (χ4n) is 11.8. The average molecular weight is 427 g/mol. The standard InChI is InChI=1S/C30H50O/c1-8-9-20-12-16-27(4)21(20)13-18-29(6)23(27)10-11-24-28(5)17-15-25(31)26(2,3)22(28)14-19-30(24,29)7/h8,20-25,31H,1,9-19H2,2-7H3/t20-,21+,22-,23-,24-,25+,27+,28+,29-,30-/m1/s1. The minimum Gasteiger partial charge on any atom is -0.393 e. The van der Waals surface area contributed by atoms with Crippen LogP contribution < -0.4 is 0 Å². The Morgan fingerprint density at radius 2 is 1.29 bits per heavy atom. The predicted octanol–water partition coefficient (Wildman–Crippen LogP) is 8.02. The van der Waals surface area contributed by atoms with E-state index in [1.54, 1.807) is 0 Å². The van der Waals surface area contributed by atoms with E-state index in [2.05, 4.69) is 54.2 Å². The summed E-state index contributed by atoms with van der Waals surface area (Å²) in [4.78, 5) is 0. The van der Waals surface area contributed by atoms with Crippen molar-refractivity contribution >= 4 is 0 Å². The van der Waals surface area contributed by atoms with E-state index in [1.807, 2.05) is 0 Å². The molecule has 10 atom stereocenters. The molecule has 31 heavy (non-hydrogen) atoms. The normalized spacial score (nSPS) is 57.9. The third-order valence-corrected chi connectivity index (χ3v) is 13.6. The van der Waals surface area contributed by atoms with Gasteiger partial charge in [-0.25, -0.2) is 0 Å². The fraction of sp³-hybridized carbons (Fsp3) is 0.933. The van der Waals surface area contributed by atoms with Gasteiger partial charge in [-0.3, -0.25) is 0 Å². The van der Waals surface area contributed by atoms with Crippen LogP contribution in [0.1, 0.15) is 112 Å². The van der Waals surface area contributed by atoms with Gasteiger partial charge >= 0.3 is 0 Å². The number of rotatable bonds is 2. The maximum Gasteiger partial charge on any atom is 0.0594 e. The molecule has 5 saturated carbocycles. The Kier molecular flexibility index (Phi) is 4.98. The molecular weight excluding hydrogens is 376 g/mol. The van der Waals surface area contributed by atoms with Gasteiger partial charge in [0.2, 0.25) is 0 Å². The summed E-state index contributed by atoms with van der Waals surface area (Å²) in [5.41, 5.74) is 1.97. The van der Waals surface area contributed by atoms with Gasteiger partial charge in [0.25, 0.3) is 0 Å². The molecule has 0 aromatic carbocycles. The monoisotopic (exact) mass is 426 g/mol. The number of aliphatic hydroxyl groups is 1. The molecular formula is C30H50O. The second kappa shape index (κ2) is 6.86. The van der Waals surface area contributed by atoms with Crippen molar-refractivity contribution in [3.8, 4) is 0 Å². The molecule has 0 heterocycles. The van der Waals surface area contributed by atoms with Gasteiger partial charge in [-0.2, -0.15) is 0 Å². The first-order valence-electron chi connectivity index (χ1n) is 13.7. The molecule has 0 unspecified atom stereocenters. The zero-order valence-corrected chi connectivity index (χ0v) is 21.5.